The van der Waals surface area contributed by atoms with Gasteiger partial charge in [0.25, 0.3) is 0 Å². The third-order valence-corrected chi connectivity index (χ3v) is 3.57. The van der Waals surface area contributed by atoms with Gasteiger partial charge in [-0.2, -0.15) is 0 Å². The summed E-state index contributed by atoms with van der Waals surface area (Å²) in [6.07, 6.45) is 0.544. The molecule has 1 aromatic carbocycles. The normalized spacial score (nSPS) is 25.8. The molecule has 2 atom stereocenters. The van der Waals surface area contributed by atoms with Gasteiger partial charge in [0.05, 0.1) is 18.3 Å². The van der Waals surface area contributed by atoms with Crippen LogP contribution in [0.4, 0.5) is 0 Å². The Balaban J connectivity index is 1.81. The molecule has 2 heterocycles. The maximum atomic E-state index is 11.6. The van der Waals surface area contributed by atoms with E-state index in [9.17, 15) is 14.4 Å². The van der Waals surface area contributed by atoms with Crippen LogP contribution in [0.1, 0.15) is 35.8 Å². The van der Waals surface area contributed by atoms with Crippen molar-refractivity contribution in [1.82, 2.24) is 0 Å². The van der Waals surface area contributed by atoms with Gasteiger partial charge in [-0.05, 0) is 11.1 Å². The Hall–Kier alpha value is -2.43. The van der Waals surface area contributed by atoms with Gasteiger partial charge in [0, 0.05) is 6.42 Å². The third-order valence-electron chi connectivity index (χ3n) is 3.57. The topological polar surface area (TPSA) is 69.7 Å². The summed E-state index contributed by atoms with van der Waals surface area (Å²) in [5.74, 6) is -1.74. The predicted molar refractivity (Wildman–Crippen MR) is 67.5 cm³/mol. The highest BCUT2D eigenvalue weighted by Crippen LogP contribution is 2.34. The third kappa shape index (κ3) is 2.11. The van der Waals surface area contributed by atoms with Gasteiger partial charge < -0.3 is 9.47 Å². The Morgan fingerprint density at radius 2 is 1.35 bits per heavy atom. The summed E-state index contributed by atoms with van der Waals surface area (Å²) in [4.78, 5) is 34.2. The zero-order chi connectivity index (χ0) is 14.3. The average molecular weight is 272 g/mol. The fraction of sp³-hybridized carbons (Fsp3) is 0.267. The summed E-state index contributed by atoms with van der Waals surface area (Å²) in [6, 6.07) is 7.04. The minimum Gasteiger partial charge on any atom is -0.431 e. The number of carbonyl (C=O) groups excluding carboxylic acids is 3. The molecule has 1 aromatic rings. The lowest BCUT2D eigenvalue weighted by Gasteiger charge is -2.09. The lowest BCUT2D eigenvalue weighted by Crippen LogP contribution is -2.08. The summed E-state index contributed by atoms with van der Waals surface area (Å²) in [5.41, 5.74) is 1.53. The quantitative estimate of drug-likeness (QED) is 0.606. The number of carbonyl (C=O) groups is 3. The standard InChI is InChI=1S/C15H12O5/c1-8-6-11(14(17)19-8)9-2-4-10(5-3-9)12-7-13(16)20-15(12)18/h2-5,11-12H,1,6-7H2. The maximum absolute atomic E-state index is 11.6. The van der Waals surface area contributed by atoms with Gasteiger partial charge in [0.1, 0.15) is 5.76 Å². The van der Waals surface area contributed by atoms with E-state index in [0.717, 1.165) is 11.1 Å². The van der Waals surface area contributed by atoms with Crippen molar-refractivity contribution in [3.05, 3.63) is 47.7 Å². The van der Waals surface area contributed by atoms with Crippen LogP contribution in [0.3, 0.4) is 0 Å². The molecule has 20 heavy (non-hydrogen) atoms. The second-order valence-electron chi connectivity index (χ2n) is 4.93. The van der Waals surface area contributed by atoms with Crippen molar-refractivity contribution in [2.24, 2.45) is 0 Å². The fourth-order valence-electron chi connectivity index (χ4n) is 2.51. The Bertz CT molecular complexity index is 559. The SMILES string of the molecule is C=C1CC(c2ccc(C3CC(=O)OC3=O)cc2)C(=O)O1. The molecular formula is C15H12O5. The number of hydrogen-bond acceptors (Lipinski definition) is 5. The van der Waals surface area contributed by atoms with Gasteiger partial charge in [-0.3, -0.25) is 14.4 Å². The molecule has 0 radical (unpaired) electrons. The van der Waals surface area contributed by atoms with Crippen LogP contribution < -0.4 is 0 Å². The number of esters is 3. The van der Waals surface area contributed by atoms with Crippen LogP contribution >= 0.6 is 0 Å². The molecule has 5 heteroatoms. The van der Waals surface area contributed by atoms with E-state index in [1.54, 1.807) is 24.3 Å². The summed E-state index contributed by atoms with van der Waals surface area (Å²) in [7, 11) is 0. The van der Waals surface area contributed by atoms with Crippen LogP contribution in [0.15, 0.2) is 36.6 Å². The van der Waals surface area contributed by atoms with Crippen molar-refractivity contribution >= 4 is 17.9 Å². The van der Waals surface area contributed by atoms with Crippen LogP contribution in [-0.2, 0) is 23.9 Å². The van der Waals surface area contributed by atoms with Gasteiger partial charge >= 0.3 is 17.9 Å². The molecule has 2 unspecified atom stereocenters. The molecule has 0 aromatic heterocycles. The lowest BCUT2D eigenvalue weighted by molar-refractivity contribution is -0.152. The molecule has 0 spiro atoms. The van der Waals surface area contributed by atoms with E-state index in [-0.39, 0.29) is 18.3 Å². The van der Waals surface area contributed by atoms with Crippen LogP contribution in [0.2, 0.25) is 0 Å². The first-order chi connectivity index (χ1) is 9.54. The van der Waals surface area contributed by atoms with Crippen molar-refractivity contribution in [3.8, 4) is 0 Å². The predicted octanol–water partition coefficient (Wildman–Crippen LogP) is 1.79. The van der Waals surface area contributed by atoms with E-state index >= 15 is 0 Å². The average Bonchev–Trinajstić information content (AvgIpc) is 2.92. The number of benzene rings is 1. The number of cyclic esters (lactones) is 3. The van der Waals surface area contributed by atoms with E-state index in [1.807, 2.05) is 0 Å². The van der Waals surface area contributed by atoms with Crippen LogP contribution in [-0.4, -0.2) is 17.9 Å². The van der Waals surface area contributed by atoms with E-state index < -0.39 is 17.9 Å². The molecule has 0 N–H and O–H groups in total. The van der Waals surface area contributed by atoms with Crippen molar-refractivity contribution in [2.75, 3.05) is 0 Å². The highest BCUT2D eigenvalue weighted by Gasteiger charge is 2.35. The number of rotatable bonds is 2. The minimum atomic E-state index is -0.540. The van der Waals surface area contributed by atoms with Crippen LogP contribution in [0.5, 0.6) is 0 Å². The Labute approximate surface area is 115 Å². The molecule has 5 nitrogen and oxygen atoms in total. The highest BCUT2D eigenvalue weighted by atomic mass is 16.6. The molecule has 3 rings (SSSR count). The van der Waals surface area contributed by atoms with Crippen LogP contribution in [0.25, 0.3) is 0 Å². The molecule has 0 aliphatic carbocycles. The Morgan fingerprint density at radius 3 is 1.75 bits per heavy atom. The van der Waals surface area contributed by atoms with E-state index in [0.29, 0.717) is 12.2 Å². The Morgan fingerprint density at radius 1 is 0.850 bits per heavy atom. The van der Waals surface area contributed by atoms with E-state index in [1.165, 1.54) is 0 Å². The van der Waals surface area contributed by atoms with Crippen LogP contribution in [0, 0.1) is 0 Å². The summed E-state index contributed by atoms with van der Waals surface area (Å²) < 4.78 is 9.46. The number of hydrogen-bond donors (Lipinski definition) is 0. The largest absolute Gasteiger partial charge is 0.431 e. The van der Waals surface area contributed by atoms with E-state index in [2.05, 4.69) is 11.3 Å². The molecule has 2 saturated heterocycles. The lowest BCUT2D eigenvalue weighted by atomic mass is 9.92. The summed E-state index contributed by atoms with van der Waals surface area (Å²) in [5, 5.41) is 0. The number of allylic oxidation sites excluding steroid dienone is 1. The number of ether oxygens (including phenoxy) is 2. The summed E-state index contributed by atoms with van der Waals surface area (Å²) in [6.45, 7) is 3.64. The van der Waals surface area contributed by atoms with Gasteiger partial charge in [-0.25, -0.2) is 0 Å². The molecular weight excluding hydrogens is 260 g/mol. The maximum Gasteiger partial charge on any atom is 0.321 e. The van der Waals surface area contributed by atoms with Gasteiger partial charge in [-0.15, -0.1) is 0 Å². The van der Waals surface area contributed by atoms with Crippen molar-refractivity contribution in [2.45, 2.75) is 24.7 Å². The molecule has 0 amide bonds. The zero-order valence-electron chi connectivity index (χ0n) is 10.6. The van der Waals surface area contributed by atoms with Crippen molar-refractivity contribution < 1.29 is 23.9 Å². The van der Waals surface area contributed by atoms with Crippen molar-refractivity contribution in [1.29, 1.82) is 0 Å². The molecule has 0 bridgehead atoms. The van der Waals surface area contributed by atoms with Gasteiger partial charge in [-0.1, -0.05) is 30.8 Å². The monoisotopic (exact) mass is 272 g/mol. The molecule has 102 valence electrons. The van der Waals surface area contributed by atoms with Gasteiger partial charge in [0.2, 0.25) is 0 Å². The first-order valence-corrected chi connectivity index (χ1v) is 6.28. The fourth-order valence-corrected chi connectivity index (χ4v) is 2.51. The molecule has 2 aliphatic heterocycles. The first-order valence-electron chi connectivity index (χ1n) is 6.28. The molecule has 0 saturated carbocycles. The second kappa shape index (κ2) is 4.59. The molecule has 2 aliphatic rings. The minimum absolute atomic E-state index is 0.0699. The molecule has 2 fully saturated rings. The van der Waals surface area contributed by atoms with Crippen molar-refractivity contribution in [3.63, 3.8) is 0 Å². The zero-order valence-corrected chi connectivity index (χ0v) is 10.6. The first kappa shape index (κ1) is 12.6. The smallest absolute Gasteiger partial charge is 0.321 e. The highest BCUT2D eigenvalue weighted by molar-refractivity contribution is 5.97. The van der Waals surface area contributed by atoms with Gasteiger partial charge in [0.15, 0.2) is 0 Å². The Kier molecular flexibility index (Phi) is 2.89. The summed E-state index contributed by atoms with van der Waals surface area (Å²) >= 11 is 0. The second-order valence-corrected chi connectivity index (χ2v) is 4.93. The van der Waals surface area contributed by atoms with E-state index in [4.69, 9.17) is 4.74 Å².